The van der Waals surface area contributed by atoms with Crippen molar-refractivity contribution >= 4 is 11.8 Å². The summed E-state index contributed by atoms with van der Waals surface area (Å²) >= 11 is 0. The van der Waals surface area contributed by atoms with E-state index in [0.29, 0.717) is 45.8 Å². The third-order valence-corrected chi connectivity index (χ3v) is 4.60. The maximum atomic E-state index is 12.5. The highest BCUT2D eigenvalue weighted by molar-refractivity contribution is 5.81. The van der Waals surface area contributed by atoms with Crippen LogP contribution >= 0.6 is 0 Å². The first-order chi connectivity index (χ1) is 11.2. The van der Waals surface area contributed by atoms with Crippen molar-refractivity contribution in [1.29, 1.82) is 0 Å². The molecular formula is C17H23N3O3. The van der Waals surface area contributed by atoms with Gasteiger partial charge in [-0.3, -0.25) is 14.6 Å². The molecule has 0 spiro atoms. The maximum absolute atomic E-state index is 12.5. The van der Waals surface area contributed by atoms with Gasteiger partial charge in [0.15, 0.2) is 0 Å². The summed E-state index contributed by atoms with van der Waals surface area (Å²) in [6.45, 7) is 3.99. The molecule has 2 amide bonds. The van der Waals surface area contributed by atoms with E-state index in [1.807, 2.05) is 21.9 Å². The van der Waals surface area contributed by atoms with Crippen molar-refractivity contribution in [1.82, 2.24) is 14.8 Å². The fourth-order valence-electron chi connectivity index (χ4n) is 3.21. The average Bonchev–Trinajstić information content (AvgIpc) is 2.63. The Morgan fingerprint density at radius 2 is 1.87 bits per heavy atom. The summed E-state index contributed by atoms with van der Waals surface area (Å²) in [7, 11) is 0. The minimum atomic E-state index is 0.0514. The molecule has 6 heteroatoms. The lowest BCUT2D eigenvalue weighted by atomic mass is 9.94. The van der Waals surface area contributed by atoms with Crippen LogP contribution in [0.25, 0.3) is 0 Å². The number of amides is 2. The van der Waals surface area contributed by atoms with Gasteiger partial charge in [-0.25, -0.2) is 0 Å². The van der Waals surface area contributed by atoms with Crippen LogP contribution in [0.2, 0.25) is 0 Å². The van der Waals surface area contributed by atoms with E-state index >= 15 is 0 Å². The lowest BCUT2D eigenvalue weighted by Gasteiger charge is -2.35. The molecule has 3 heterocycles. The number of carbonyl (C=O) groups is 2. The molecule has 2 aliphatic heterocycles. The molecule has 1 aromatic rings. The first kappa shape index (κ1) is 15.9. The molecule has 3 rings (SSSR count). The minimum absolute atomic E-state index is 0.0514. The molecule has 124 valence electrons. The van der Waals surface area contributed by atoms with Gasteiger partial charge >= 0.3 is 0 Å². The van der Waals surface area contributed by atoms with E-state index in [-0.39, 0.29) is 17.7 Å². The standard InChI is InChI=1S/C17H23N3O3/c21-16(12-14-2-1-5-18-13-14)19-6-3-15(4-7-19)17(22)20-8-10-23-11-9-20/h1-2,5,13,15H,3-4,6-12H2. The van der Waals surface area contributed by atoms with Crippen LogP contribution in [0.15, 0.2) is 24.5 Å². The lowest BCUT2D eigenvalue weighted by molar-refractivity contribution is -0.143. The summed E-state index contributed by atoms with van der Waals surface area (Å²) in [6, 6.07) is 3.76. The van der Waals surface area contributed by atoms with Crippen molar-refractivity contribution < 1.29 is 14.3 Å². The average molecular weight is 317 g/mol. The molecule has 0 unspecified atom stereocenters. The number of pyridine rings is 1. The van der Waals surface area contributed by atoms with Crippen molar-refractivity contribution in [3.63, 3.8) is 0 Å². The number of piperidine rings is 1. The van der Waals surface area contributed by atoms with Crippen LogP contribution in [0.5, 0.6) is 0 Å². The van der Waals surface area contributed by atoms with Gasteiger partial charge in [0.1, 0.15) is 0 Å². The van der Waals surface area contributed by atoms with Gasteiger partial charge in [-0.1, -0.05) is 6.07 Å². The molecule has 0 atom stereocenters. The molecule has 23 heavy (non-hydrogen) atoms. The number of morpholine rings is 1. The Balaban J connectivity index is 1.48. The predicted octanol–water partition coefficient (Wildman–Crippen LogP) is 0.722. The molecule has 0 aromatic carbocycles. The maximum Gasteiger partial charge on any atom is 0.227 e. The second-order valence-electron chi connectivity index (χ2n) is 6.13. The first-order valence-electron chi connectivity index (χ1n) is 8.27. The lowest BCUT2D eigenvalue weighted by Crippen LogP contribution is -2.47. The van der Waals surface area contributed by atoms with Crippen LogP contribution in [0.4, 0.5) is 0 Å². The molecule has 0 radical (unpaired) electrons. The van der Waals surface area contributed by atoms with E-state index < -0.39 is 0 Å². The van der Waals surface area contributed by atoms with E-state index in [1.165, 1.54) is 0 Å². The van der Waals surface area contributed by atoms with Gasteiger partial charge in [-0.05, 0) is 24.5 Å². The number of ether oxygens (including phenoxy) is 1. The smallest absolute Gasteiger partial charge is 0.227 e. The van der Waals surface area contributed by atoms with Gasteiger partial charge in [-0.15, -0.1) is 0 Å². The Morgan fingerprint density at radius 3 is 2.52 bits per heavy atom. The topological polar surface area (TPSA) is 62.7 Å². The summed E-state index contributed by atoms with van der Waals surface area (Å²) in [6.07, 6.45) is 5.34. The number of aromatic nitrogens is 1. The van der Waals surface area contributed by atoms with Gasteiger partial charge in [0.05, 0.1) is 19.6 Å². The number of carbonyl (C=O) groups excluding carboxylic acids is 2. The van der Waals surface area contributed by atoms with Crippen LogP contribution in [0.3, 0.4) is 0 Å². The van der Waals surface area contributed by atoms with E-state index in [4.69, 9.17) is 4.74 Å². The monoisotopic (exact) mass is 317 g/mol. The van der Waals surface area contributed by atoms with Gasteiger partial charge in [0, 0.05) is 44.5 Å². The fraction of sp³-hybridized carbons (Fsp3) is 0.588. The quantitative estimate of drug-likeness (QED) is 0.824. The van der Waals surface area contributed by atoms with Gasteiger partial charge < -0.3 is 14.5 Å². The van der Waals surface area contributed by atoms with E-state index in [1.54, 1.807) is 12.4 Å². The van der Waals surface area contributed by atoms with Crippen molar-refractivity contribution in [3.8, 4) is 0 Å². The number of likely N-dealkylation sites (tertiary alicyclic amines) is 1. The molecule has 0 aliphatic carbocycles. The van der Waals surface area contributed by atoms with Crippen molar-refractivity contribution in [2.45, 2.75) is 19.3 Å². The number of hydrogen-bond donors (Lipinski definition) is 0. The molecule has 0 N–H and O–H groups in total. The highest BCUT2D eigenvalue weighted by Crippen LogP contribution is 2.21. The highest BCUT2D eigenvalue weighted by atomic mass is 16.5. The minimum Gasteiger partial charge on any atom is -0.378 e. The zero-order valence-corrected chi connectivity index (χ0v) is 13.3. The Hall–Kier alpha value is -1.95. The van der Waals surface area contributed by atoms with Crippen LogP contribution < -0.4 is 0 Å². The summed E-state index contributed by atoms with van der Waals surface area (Å²) in [5.41, 5.74) is 0.934. The van der Waals surface area contributed by atoms with Gasteiger partial charge in [0.2, 0.25) is 11.8 Å². The Labute approximate surface area is 136 Å². The SMILES string of the molecule is O=C(Cc1cccnc1)N1CCC(C(=O)N2CCOCC2)CC1. The van der Waals surface area contributed by atoms with Crippen molar-refractivity contribution in [3.05, 3.63) is 30.1 Å². The largest absolute Gasteiger partial charge is 0.378 e. The van der Waals surface area contributed by atoms with Crippen LogP contribution in [-0.4, -0.2) is 66.0 Å². The van der Waals surface area contributed by atoms with E-state index in [0.717, 1.165) is 18.4 Å². The zero-order chi connectivity index (χ0) is 16.1. The second-order valence-corrected chi connectivity index (χ2v) is 6.13. The molecule has 0 bridgehead atoms. The zero-order valence-electron chi connectivity index (χ0n) is 13.3. The Morgan fingerprint density at radius 1 is 1.13 bits per heavy atom. The fourth-order valence-corrected chi connectivity index (χ4v) is 3.21. The summed E-state index contributed by atoms with van der Waals surface area (Å²) in [5, 5.41) is 0. The van der Waals surface area contributed by atoms with E-state index in [2.05, 4.69) is 4.98 Å². The van der Waals surface area contributed by atoms with Gasteiger partial charge in [-0.2, -0.15) is 0 Å². The summed E-state index contributed by atoms with van der Waals surface area (Å²) < 4.78 is 5.29. The molecule has 2 saturated heterocycles. The number of nitrogens with zero attached hydrogens (tertiary/aromatic N) is 3. The Bertz CT molecular complexity index is 535. The molecule has 2 aliphatic rings. The Kier molecular flexibility index (Phi) is 5.23. The van der Waals surface area contributed by atoms with Crippen molar-refractivity contribution in [2.75, 3.05) is 39.4 Å². The van der Waals surface area contributed by atoms with Crippen molar-refractivity contribution in [2.24, 2.45) is 5.92 Å². The molecule has 0 saturated carbocycles. The van der Waals surface area contributed by atoms with Crippen LogP contribution in [0, 0.1) is 5.92 Å². The predicted molar refractivity (Wildman–Crippen MR) is 84.6 cm³/mol. The molecular weight excluding hydrogens is 294 g/mol. The molecule has 6 nitrogen and oxygen atoms in total. The van der Waals surface area contributed by atoms with Crippen LogP contribution in [0.1, 0.15) is 18.4 Å². The third kappa shape index (κ3) is 4.07. The summed E-state index contributed by atoms with van der Waals surface area (Å²) in [5.74, 6) is 0.401. The normalized spacial score (nSPS) is 19.7. The highest BCUT2D eigenvalue weighted by Gasteiger charge is 2.30. The summed E-state index contributed by atoms with van der Waals surface area (Å²) in [4.78, 5) is 32.6. The van der Waals surface area contributed by atoms with Crippen LogP contribution in [-0.2, 0) is 20.7 Å². The number of hydrogen-bond acceptors (Lipinski definition) is 4. The molecule has 2 fully saturated rings. The second kappa shape index (κ2) is 7.55. The van der Waals surface area contributed by atoms with Gasteiger partial charge in [0.25, 0.3) is 0 Å². The van der Waals surface area contributed by atoms with E-state index in [9.17, 15) is 9.59 Å². The first-order valence-corrected chi connectivity index (χ1v) is 8.27. The number of rotatable bonds is 3. The third-order valence-electron chi connectivity index (χ3n) is 4.60. The molecule has 1 aromatic heterocycles.